The summed E-state index contributed by atoms with van der Waals surface area (Å²) in [5.41, 5.74) is 4.83. The third kappa shape index (κ3) is 5.33. The summed E-state index contributed by atoms with van der Waals surface area (Å²) in [5.74, 6) is 0.853. The van der Waals surface area contributed by atoms with Crippen LogP contribution in [0.5, 0.6) is 5.75 Å². The molecule has 2 heterocycles. The molecule has 0 amide bonds. The van der Waals surface area contributed by atoms with Crippen LogP contribution in [-0.2, 0) is 20.0 Å². The van der Waals surface area contributed by atoms with Gasteiger partial charge in [-0.2, -0.15) is 10.1 Å². The first-order chi connectivity index (χ1) is 16.9. The molecular weight excluding hydrogens is 448 g/mol. The van der Waals surface area contributed by atoms with E-state index in [4.69, 9.17) is 4.74 Å². The highest BCUT2D eigenvalue weighted by Gasteiger charge is 2.20. The quantitative estimate of drug-likeness (QED) is 0.251. The van der Waals surface area contributed by atoms with E-state index in [1.807, 2.05) is 61.5 Å². The lowest BCUT2D eigenvalue weighted by molar-refractivity contribution is 0.0938. The third-order valence-electron chi connectivity index (χ3n) is 5.69. The number of hydrogen-bond donors (Lipinski definition) is 3. The summed E-state index contributed by atoms with van der Waals surface area (Å²) in [7, 11) is 1.51. The molecule has 4 rings (SSSR count). The Morgan fingerprint density at radius 1 is 1.17 bits per heavy atom. The minimum Gasteiger partial charge on any atom is -0.491 e. The zero-order valence-electron chi connectivity index (χ0n) is 19.9. The topological polar surface area (TPSA) is 127 Å². The summed E-state index contributed by atoms with van der Waals surface area (Å²) >= 11 is 0. The van der Waals surface area contributed by atoms with E-state index in [1.54, 1.807) is 0 Å². The zero-order chi connectivity index (χ0) is 24.9. The lowest BCUT2D eigenvalue weighted by atomic mass is 10.1. The average molecular weight is 477 g/mol. The van der Waals surface area contributed by atoms with Gasteiger partial charge in [-0.3, -0.25) is 14.3 Å². The fourth-order valence-corrected chi connectivity index (χ4v) is 3.65. The number of benzene rings is 2. The Balaban J connectivity index is 1.62. The number of H-pyrrole nitrogens is 1. The van der Waals surface area contributed by atoms with Crippen molar-refractivity contribution < 1.29 is 9.84 Å². The summed E-state index contributed by atoms with van der Waals surface area (Å²) in [6.07, 6.45) is -0.0370. The molecule has 0 aliphatic carbocycles. The normalized spacial score (nSPS) is 12.6. The Kier molecular flexibility index (Phi) is 7.11. The van der Waals surface area contributed by atoms with Gasteiger partial charge in [0.2, 0.25) is 5.95 Å². The van der Waals surface area contributed by atoms with Crippen LogP contribution < -0.4 is 21.4 Å². The van der Waals surface area contributed by atoms with Crippen molar-refractivity contribution in [2.45, 2.75) is 32.9 Å². The van der Waals surface area contributed by atoms with Gasteiger partial charge < -0.3 is 14.4 Å². The van der Waals surface area contributed by atoms with E-state index in [1.165, 1.54) is 21.7 Å². The predicted molar refractivity (Wildman–Crippen MR) is 135 cm³/mol. The van der Waals surface area contributed by atoms with Crippen LogP contribution in [0.2, 0.25) is 0 Å². The molecule has 0 spiro atoms. The molecule has 4 aromatic rings. The van der Waals surface area contributed by atoms with Crippen LogP contribution in [0.3, 0.4) is 0 Å². The van der Waals surface area contributed by atoms with Gasteiger partial charge in [0.25, 0.3) is 5.56 Å². The largest absolute Gasteiger partial charge is 0.491 e. The van der Waals surface area contributed by atoms with Crippen LogP contribution in [0.4, 0.5) is 5.95 Å². The Hall–Kier alpha value is -4.18. The van der Waals surface area contributed by atoms with E-state index >= 15 is 0 Å². The molecule has 1 unspecified atom stereocenters. The Bertz CT molecular complexity index is 1450. The molecule has 0 radical (unpaired) electrons. The minimum absolute atomic E-state index is 0.000560. The number of imidazole rings is 1. The molecule has 182 valence electrons. The highest BCUT2D eigenvalue weighted by atomic mass is 16.5. The predicted octanol–water partition coefficient (Wildman–Crippen LogP) is 2.26. The smallest absolute Gasteiger partial charge is 0.329 e. The first-order valence-electron chi connectivity index (χ1n) is 11.3. The molecule has 3 N–H and O–H groups in total. The number of aromatic amines is 1. The van der Waals surface area contributed by atoms with Gasteiger partial charge in [-0.15, -0.1) is 0 Å². The van der Waals surface area contributed by atoms with E-state index in [0.717, 1.165) is 12.0 Å². The van der Waals surface area contributed by atoms with E-state index in [9.17, 15) is 14.7 Å². The number of aliphatic hydroxyl groups is 1. The number of aromatic nitrogens is 4. The maximum atomic E-state index is 12.7. The standard InChI is InChI=1S/C25H28N6O4/c1-4-17-10-12-20(13-11-17)35-15-19(32)14-31-21-22(30(3)25(34)27-23(21)33)26-24(31)29-28-16(2)18-8-6-5-7-9-18/h5-13,19,32H,4,14-15H2,1-3H3,(H,26,29)(H,27,33,34)/b28-16-. The molecule has 0 saturated heterocycles. The van der Waals surface area contributed by atoms with Gasteiger partial charge in [-0.05, 0) is 36.6 Å². The van der Waals surface area contributed by atoms with Crippen molar-refractivity contribution in [1.29, 1.82) is 0 Å². The summed E-state index contributed by atoms with van der Waals surface area (Å²) in [6.45, 7) is 3.90. The third-order valence-corrected chi connectivity index (χ3v) is 5.69. The zero-order valence-corrected chi connectivity index (χ0v) is 19.9. The molecule has 0 aliphatic rings. The minimum atomic E-state index is -0.963. The molecule has 0 aliphatic heterocycles. The van der Waals surface area contributed by atoms with E-state index in [2.05, 4.69) is 27.4 Å². The average Bonchev–Trinajstić information content (AvgIpc) is 3.24. The molecule has 1 atom stereocenters. The summed E-state index contributed by atoms with van der Waals surface area (Å²) in [4.78, 5) is 31.5. The second-order valence-electron chi connectivity index (χ2n) is 8.17. The molecule has 2 aromatic heterocycles. The van der Waals surface area contributed by atoms with E-state index < -0.39 is 17.4 Å². The Morgan fingerprint density at radius 2 is 1.89 bits per heavy atom. The first kappa shape index (κ1) is 24.0. The Morgan fingerprint density at radius 3 is 2.57 bits per heavy atom. The number of ether oxygens (including phenoxy) is 1. The van der Waals surface area contributed by atoms with Crippen molar-refractivity contribution in [1.82, 2.24) is 19.1 Å². The second-order valence-corrected chi connectivity index (χ2v) is 8.17. The number of fused-ring (bicyclic) bond motifs is 1. The number of hydrogen-bond acceptors (Lipinski definition) is 7. The molecule has 10 nitrogen and oxygen atoms in total. The number of hydrazone groups is 1. The van der Waals surface area contributed by atoms with E-state index in [0.29, 0.717) is 11.5 Å². The van der Waals surface area contributed by atoms with Crippen LogP contribution in [0.25, 0.3) is 11.2 Å². The van der Waals surface area contributed by atoms with Crippen LogP contribution in [-0.4, -0.2) is 42.6 Å². The highest BCUT2D eigenvalue weighted by molar-refractivity contribution is 5.99. The summed E-state index contributed by atoms with van der Waals surface area (Å²) in [6, 6.07) is 17.2. The summed E-state index contributed by atoms with van der Waals surface area (Å²) in [5, 5.41) is 15.1. The first-order valence-corrected chi connectivity index (χ1v) is 11.3. The van der Waals surface area contributed by atoms with Crippen molar-refractivity contribution >= 4 is 22.8 Å². The monoisotopic (exact) mass is 476 g/mol. The molecular formula is C25H28N6O4. The van der Waals surface area contributed by atoms with Crippen LogP contribution in [0, 0.1) is 0 Å². The Labute approximate surface area is 201 Å². The molecule has 10 heteroatoms. The van der Waals surface area contributed by atoms with Crippen LogP contribution in [0.1, 0.15) is 25.0 Å². The van der Waals surface area contributed by atoms with Crippen molar-refractivity contribution in [2.75, 3.05) is 12.0 Å². The maximum Gasteiger partial charge on any atom is 0.329 e. The molecule has 0 bridgehead atoms. The maximum absolute atomic E-state index is 12.7. The number of aryl methyl sites for hydroxylation is 2. The molecule has 35 heavy (non-hydrogen) atoms. The lowest BCUT2D eigenvalue weighted by Crippen LogP contribution is -2.30. The van der Waals surface area contributed by atoms with Gasteiger partial charge in [-0.1, -0.05) is 49.4 Å². The highest BCUT2D eigenvalue weighted by Crippen LogP contribution is 2.18. The summed E-state index contributed by atoms with van der Waals surface area (Å²) < 4.78 is 8.47. The molecule has 2 aromatic carbocycles. The van der Waals surface area contributed by atoms with E-state index in [-0.39, 0.29) is 30.3 Å². The van der Waals surface area contributed by atoms with Crippen molar-refractivity contribution in [3.63, 3.8) is 0 Å². The van der Waals surface area contributed by atoms with Crippen LogP contribution >= 0.6 is 0 Å². The van der Waals surface area contributed by atoms with Gasteiger partial charge in [-0.25, -0.2) is 10.2 Å². The fourth-order valence-electron chi connectivity index (χ4n) is 3.65. The number of rotatable bonds is 9. The van der Waals surface area contributed by atoms with Gasteiger partial charge in [0.1, 0.15) is 18.5 Å². The number of aliphatic hydroxyl groups excluding tert-OH is 1. The fraction of sp³-hybridized carbons (Fsp3) is 0.280. The number of anilines is 1. The van der Waals surface area contributed by atoms with Gasteiger partial charge in [0.05, 0.1) is 12.3 Å². The molecule has 0 saturated carbocycles. The van der Waals surface area contributed by atoms with Crippen molar-refractivity contribution in [3.8, 4) is 5.75 Å². The SMILES string of the molecule is CCc1ccc(OCC(O)Cn2c(N/N=C(/C)c3ccccc3)nc3c2c(=O)[nH]c(=O)n3C)cc1. The van der Waals surface area contributed by atoms with Crippen molar-refractivity contribution in [3.05, 3.63) is 86.6 Å². The number of nitrogens with zero attached hydrogens (tertiary/aromatic N) is 4. The van der Waals surface area contributed by atoms with Crippen LogP contribution in [0.15, 0.2) is 69.3 Å². The lowest BCUT2D eigenvalue weighted by Gasteiger charge is -2.15. The molecule has 0 fully saturated rings. The van der Waals surface area contributed by atoms with Gasteiger partial charge in [0.15, 0.2) is 11.2 Å². The number of nitrogens with one attached hydrogen (secondary N) is 2. The second kappa shape index (κ2) is 10.4. The van der Waals surface area contributed by atoms with Gasteiger partial charge in [0, 0.05) is 7.05 Å². The van der Waals surface area contributed by atoms with Crippen molar-refractivity contribution in [2.24, 2.45) is 12.1 Å². The van der Waals surface area contributed by atoms with Gasteiger partial charge >= 0.3 is 5.69 Å².